The van der Waals surface area contributed by atoms with Gasteiger partial charge in [0.25, 0.3) is 0 Å². The fraction of sp³-hybridized carbons (Fsp3) is 0. The lowest BCUT2D eigenvalue weighted by Gasteiger charge is -2.09. The van der Waals surface area contributed by atoms with Crippen LogP contribution in [0, 0.1) is 5.82 Å². The maximum atomic E-state index is 13.9. The summed E-state index contributed by atoms with van der Waals surface area (Å²) in [5.74, 6) is -0.384. The molecule has 0 atom stereocenters. The van der Waals surface area contributed by atoms with Crippen molar-refractivity contribution in [2.24, 2.45) is 0 Å². The van der Waals surface area contributed by atoms with Crippen molar-refractivity contribution in [2.45, 2.75) is 0 Å². The molecule has 2 aromatic carbocycles. The van der Waals surface area contributed by atoms with E-state index in [-0.39, 0.29) is 5.82 Å². The lowest BCUT2D eigenvalue weighted by atomic mass is 10.1. The van der Waals surface area contributed by atoms with Crippen molar-refractivity contribution < 1.29 is 9.18 Å². The predicted octanol–water partition coefficient (Wildman–Crippen LogP) is 3.49. The van der Waals surface area contributed by atoms with Crippen molar-refractivity contribution in [1.29, 1.82) is 0 Å². The first-order valence-corrected chi connectivity index (χ1v) is 6.15. The van der Waals surface area contributed by atoms with Gasteiger partial charge in [-0.2, -0.15) is 5.10 Å². The first-order valence-electron chi connectivity index (χ1n) is 6.15. The highest BCUT2D eigenvalue weighted by Crippen LogP contribution is 2.26. The molecule has 0 aliphatic rings. The molecule has 20 heavy (non-hydrogen) atoms. The fourth-order valence-electron chi connectivity index (χ4n) is 2.14. The summed E-state index contributed by atoms with van der Waals surface area (Å²) < 4.78 is 15.4. The molecule has 0 aliphatic carbocycles. The summed E-state index contributed by atoms with van der Waals surface area (Å²) in [6.07, 6.45) is 2.18. The number of carbonyl (C=O) groups excluding carboxylic acids is 1. The van der Waals surface area contributed by atoms with Gasteiger partial charge in [-0.3, -0.25) is 4.79 Å². The van der Waals surface area contributed by atoms with E-state index in [4.69, 9.17) is 0 Å². The molecule has 0 aliphatic heterocycles. The lowest BCUT2D eigenvalue weighted by Crippen LogP contribution is -2.02. The molecular weight excluding hydrogens is 255 g/mol. The number of hydrogen-bond acceptors (Lipinski definition) is 2. The summed E-state index contributed by atoms with van der Waals surface area (Å²) in [4.78, 5) is 11.2. The van der Waals surface area contributed by atoms with Gasteiger partial charge in [0.05, 0.1) is 17.5 Å². The third-order valence-corrected chi connectivity index (χ3v) is 3.05. The summed E-state index contributed by atoms with van der Waals surface area (Å²) in [5, 5.41) is 4.14. The molecule has 3 rings (SSSR count). The molecule has 4 heteroatoms. The van der Waals surface area contributed by atoms with Gasteiger partial charge in [0, 0.05) is 5.56 Å². The van der Waals surface area contributed by atoms with Crippen LogP contribution in [0.5, 0.6) is 0 Å². The highest BCUT2D eigenvalue weighted by atomic mass is 19.1. The van der Waals surface area contributed by atoms with Crippen LogP contribution in [0.2, 0.25) is 0 Å². The van der Waals surface area contributed by atoms with E-state index in [0.717, 1.165) is 11.8 Å². The molecule has 1 heterocycles. The van der Waals surface area contributed by atoms with Gasteiger partial charge in [-0.15, -0.1) is 0 Å². The zero-order valence-corrected chi connectivity index (χ0v) is 10.5. The normalized spacial score (nSPS) is 10.4. The Morgan fingerprint density at radius 2 is 1.70 bits per heavy atom. The summed E-state index contributed by atoms with van der Waals surface area (Å²) in [7, 11) is 0. The van der Waals surface area contributed by atoms with Crippen molar-refractivity contribution in [1.82, 2.24) is 9.78 Å². The average Bonchev–Trinajstić information content (AvgIpc) is 2.92. The van der Waals surface area contributed by atoms with Crippen LogP contribution in [-0.2, 0) is 0 Å². The van der Waals surface area contributed by atoms with E-state index in [0.29, 0.717) is 16.9 Å². The van der Waals surface area contributed by atoms with Crippen molar-refractivity contribution in [3.63, 3.8) is 0 Å². The summed E-state index contributed by atoms with van der Waals surface area (Å²) >= 11 is 0. The minimum atomic E-state index is -0.384. The molecule has 3 aromatic rings. The molecule has 1 aromatic heterocycles. The van der Waals surface area contributed by atoms with Gasteiger partial charge in [-0.05, 0) is 12.1 Å². The molecule has 0 N–H and O–H groups in total. The van der Waals surface area contributed by atoms with Gasteiger partial charge >= 0.3 is 0 Å². The van der Waals surface area contributed by atoms with Crippen molar-refractivity contribution in [3.05, 3.63) is 72.2 Å². The monoisotopic (exact) mass is 266 g/mol. The Hall–Kier alpha value is -2.75. The van der Waals surface area contributed by atoms with Crippen molar-refractivity contribution >= 4 is 6.29 Å². The second-order valence-corrected chi connectivity index (χ2v) is 4.30. The second-order valence-electron chi connectivity index (χ2n) is 4.30. The van der Waals surface area contributed by atoms with E-state index >= 15 is 0 Å². The third-order valence-electron chi connectivity index (χ3n) is 3.05. The number of nitrogens with zero attached hydrogens (tertiary/aromatic N) is 2. The van der Waals surface area contributed by atoms with Crippen LogP contribution >= 0.6 is 0 Å². The van der Waals surface area contributed by atoms with Crippen molar-refractivity contribution in [2.75, 3.05) is 0 Å². The zero-order valence-electron chi connectivity index (χ0n) is 10.5. The lowest BCUT2D eigenvalue weighted by molar-refractivity contribution is 0.112. The topological polar surface area (TPSA) is 34.9 Å². The summed E-state index contributed by atoms with van der Waals surface area (Å²) in [6, 6.07) is 15.7. The zero-order chi connectivity index (χ0) is 13.9. The number of aldehydes is 1. The Balaban J connectivity index is 2.26. The predicted molar refractivity (Wildman–Crippen MR) is 74.3 cm³/mol. The number of para-hydroxylation sites is 1. The van der Waals surface area contributed by atoms with E-state index in [2.05, 4.69) is 5.10 Å². The molecule has 0 amide bonds. The van der Waals surface area contributed by atoms with Crippen LogP contribution < -0.4 is 0 Å². The Kier molecular flexibility index (Phi) is 3.13. The van der Waals surface area contributed by atoms with Crippen LogP contribution in [0.4, 0.5) is 4.39 Å². The Labute approximate surface area is 115 Å². The van der Waals surface area contributed by atoms with Gasteiger partial charge in [-0.25, -0.2) is 9.07 Å². The SMILES string of the molecule is O=Cc1cnn(-c2ccccc2F)c1-c1ccccc1. The van der Waals surface area contributed by atoms with Crippen LogP contribution in [0.25, 0.3) is 16.9 Å². The quantitative estimate of drug-likeness (QED) is 0.680. The fourth-order valence-corrected chi connectivity index (χ4v) is 2.14. The molecule has 0 saturated heterocycles. The number of rotatable bonds is 3. The number of carbonyl (C=O) groups is 1. The van der Waals surface area contributed by atoms with Gasteiger partial charge in [0.15, 0.2) is 6.29 Å². The maximum absolute atomic E-state index is 13.9. The second kappa shape index (κ2) is 5.09. The molecule has 0 bridgehead atoms. The number of halogens is 1. The first-order chi connectivity index (χ1) is 9.81. The summed E-state index contributed by atoms with van der Waals surface area (Å²) in [5.41, 5.74) is 2.15. The maximum Gasteiger partial charge on any atom is 0.153 e. The first kappa shape index (κ1) is 12.3. The Morgan fingerprint density at radius 1 is 1.00 bits per heavy atom. The molecule has 3 nitrogen and oxygen atoms in total. The van der Waals surface area contributed by atoms with E-state index in [1.54, 1.807) is 18.2 Å². The van der Waals surface area contributed by atoms with Gasteiger partial charge in [0.2, 0.25) is 0 Å². The third kappa shape index (κ3) is 2.01. The average molecular weight is 266 g/mol. The largest absolute Gasteiger partial charge is 0.298 e. The molecular formula is C16H11FN2O. The van der Waals surface area contributed by atoms with Gasteiger partial charge in [0.1, 0.15) is 11.5 Å². The molecule has 98 valence electrons. The van der Waals surface area contributed by atoms with E-state index in [1.165, 1.54) is 16.9 Å². The van der Waals surface area contributed by atoms with Gasteiger partial charge < -0.3 is 0 Å². The molecule has 0 fully saturated rings. The minimum Gasteiger partial charge on any atom is -0.298 e. The molecule has 0 spiro atoms. The molecule has 0 saturated carbocycles. The van der Waals surface area contributed by atoms with Crippen LogP contribution in [0.15, 0.2) is 60.8 Å². The van der Waals surface area contributed by atoms with E-state index in [1.807, 2.05) is 30.3 Å². The standard InChI is InChI=1S/C16H11FN2O/c17-14-8-4-5-9-15(14)19-16(13(11-20)10-18-19)12-6-2-1-3-7-12/h1-11H. The minimum absolute atomic E-state index is 0.319. The number of aromatic nitrogens is 2. The van der Waals surface area contributed by atoms with Crippen LogP contribution in [-0.4, -0.2) is 16.1 Å². The Bertz CT molecular complexity index is 750. The highest BCUT2D eigenvalue weighted by molar-refractivity contribution is 5.86. The summed E-state index contributed by atoms with van der Waals surface area (Å²) in [6.45, 7) is 0. The molecule has 0 radical (unpaired) electrons. The molecule has 0 unspecified atom stereocenters. The van der Waals surface area contributed by atoms with E-state index < -0.39 is 0 Å². The van der Waals surface area contributed by atoms with Crippen LogP contribution in [0.3, 0.4) is 0 Å². The van der Waals surface area contributed by atoms with Crippen LogP contribution in [0.1, 0.15) is 10.4 Å². The van der Waals surface area contributed by atoms with E-state index in [9.17, 15) is 9.18 Å². The van der Waals surface area contributed by atoms with Crippen molar-refractivity contribution in [3.8, 4) is 16.9 Å². The number of benzene rings is 2. The Morgan fingerprint density at radius 3 is 2.40 bits per heavy atom. The van der Waals surface area contributed by atoms with Gasteiger partial charge in [-0.1, -0.05) is 42.5 Å². The highest BCUT2D eigenvalue weighted by Gasteiger charge is 2.15. The number of hydrogen-bond donors (Lipinski definition) is 0. The smallest absolute Gasteiger partial charge is 0.153 e.